The normalized spacial score (nSPS) is 15.6. The maximum atomic E-state index is 13.1. The van der Waals surface area contributed by atoms with Gasteiger partial charge >= 0.3 is 0 Å². The van der Waals surface area contributed by atoms with Crippen LogP contribution < -0.4 is 14.5 Å². The van der Waals surface area contributed by atoms with Gasteiger partial charge in [0, 0.05) is 5.69 Å². The van der Waals surface area contributed by atoms with Gasteiger partial charge in [-0.3, -0.25) is 4.79 Å². The summed E-state index contributed by atoms with van der Waals surface area (Å²) in [6.07, 6.45) is 0. The minimum absolute atomic E-state index is 0.00894. The molecule has 0 saturated heterocycles. The van der Waals surface area contributed by atoms with E-state index in [0.717, 1.165) is 50.6 Å². The highest BCUT2D eigenvalue weighted by atomic mass is 28.4. The van der Waals surface area contributed by atoms with Gasteiger partial charge in [-0.2, -0.15) is 0 Å². The van der Waals surface area contributed by atoms with Gasteiger partial charge < -0.3 is 14.5 Å². The standard InChI is InChI=1S/C29H35NO3Si/c1-18-14-22(15-19(2)27(18)33-34(7,8)29(3,4)5)26-24-13-12-21(17-25(24)30-28(26)31)20-10-9-11-23(16-20)32-6/h9-17,26H,1-8H3,(H,30,31). The first kappa shape index (κ1) is 24.1. The molecule has 0 saturated carbocycles. The van der Waals surface area contributed by atoms with Crippen LogP contribution in [0.1, 0.15) is 48.9 Å². The van der Waals surface area contributed by atoms with Crippen molar-refractivity contribution < 1.29 is 14.0 Å². The van der Waals surface area contributed by atoms with E-state index in [-0.39, 0.29) is 16.9 Å². The molecule has 1 heterocycles. The number of fused-ring (bicyclic) bond motifs is 1. The third-order valence-corrected chi connectivity index (χ3v) is 11.6. The van der Waals surface area contributed by atoms with Crippen molar-refractivity contribution in [1.82, 2.24) is 0 Å². The molecule has 5 heteroatoms. The van der Waals surface area contributed by atoms with Gasteiger partial charge in [0.05, 0.1) is 13.0 Å². The summed E-state index contributed by atoms with van der Waals surface area (Å²) in [5.74, 6) is 1.46. The zero-order chi connectivity index (χ0) is 24.8. The smallest absolute Gasteiger partial charge is 0.250 e. The highest BCUT2D eigenvalue weighted by Gasteiger charge is 2.40. The van der Waals surface area contributed by atoms with Crippen LogP contribution in [0.3, 0.4) is 0 Å². The summed E-state index contributed by atoms with van der Waals surface area (Å²) in [6, 6.07) is 18.4. The Bertz CT molecular complexity index is 1230. The van der Waals surface area contributed by atoms with E-state index in [1.54, 1.807) is 7.11 Å². The van der Waals surface area contributed by atoms with Crippen LogP contribution in [-0.2, 0) is 4.79 Å². The number of aryl methyl sites for hydroxylation is 2. The first-order valence-electron chi connectivity index (χ1n) is 11.8. The van der Waals surface area contributed by atoms with Crippen molar-refractivity contribution in [1.29, 1.82) is 0 Å². The second-order valence-corrected chi connectivity index (χ2v) is 15.5. The number of anilines is 1. The van der Waals surface area contributed by atoms with Crippen LogP contribution >= 0.6 is 0 Å². The highest BCUT2D eigenvalue weighted by molar-refractivity contribution is 6.74. The molecule has 4 nitrogen and oxygen atoms in total. The largest absolute Gasteiger partial charge is 0.543 e. The molecule has 4 rings (SSSR count). The number of nitrogens with one attached hydrogen (secondary N) is 1. The molecule has 34 heavy (non-hydrogen) atoms. The molecule has 0 aliphatic carbocycles. The Hall–Kier alpha value is -3.05. The van der Waals surface area contributed by atoms with E-state index >= 15 is 0 Å². The molecule has 0 spiro atoms. The average molecular weight is 474 g/mol. The fraction of sp³-hybridized carbons (Fsp3) is 0.345. The van der Waals surface area contributed by atoms with Crippen LogP contribution in [0.5, 0.6) is 11.5 Å². The van der Waals surface area contributed by atoms with Gasteiger partial charge in [0.25, 0.3) is 8.32 Å². The van der Waals surface area contributed by atoms with Gasteiger partial charge in [-0.1, -0.05) is 57.2 Å². The van der Waals surface area contributed by atoms with Crippen molar-refractivity contribution in [3.05, 3.63) is 76.9 Å². The third-order valence-electron chi connectivity index (χ3n) is 7.27. The van der Waals surface area contributed by atoms with Crippen molar-refractivity contribution in [2.75, 3.05) is 12.4 Å². The van der Waals surface area contributed by atoms with Crippen molar-refractivity contribution in [3.8, 4) is 22.6 Å². The molecule has 3 aromatic carbocycles. The van der Waals surface area contributed by atoms with Gasteiger partial charge in [-0.05, 0) is 83.6 Å². The van der Waals surface area contributed by atoms with E-state index < -0.39 is 8.32 Å². The summed E-state index contributed by atoms with van der Waals surface area (Å²) in [5.41, 5.74) is 7.13. The minimum Gasteiger partial charge on any atom is -0.543 e. The quantitative estimate of drug-likeness (QED) is 0.392. The van der Waals surface area contributed by atoms with Crippen LogP contribution in [0.2, 0.25) is 18.1 Å². The lowest BCUT2D eigenvalue weighted by Gasteiger charge is -2.37. The Morgan fingerprint density at radius 3 is 2.18 bits per heavy atom. The van der Waals surface area contributed by atoms with E-state index in [1.807, 2.05) is 24.3 Å². The Morgan fingerprint density at radius 1 is 0.912 bits per heavy atom. The van der Waals surface area contributed by atoms with Crippen LogP contribution in [-0.4, -0.2) is 21.3 Å². The summed E-state index contributed by atoms with van der Waals surface area (Å²) in [6.45, 7) is 15.4. The lowest BCUT2D eigenvalue weighted by molar-refractivity contribution is -0.116. The van der Waals surface area contributed by atoms with Crippen LogP contribution in [0.25, 0.3) is 11.1 Å². The number of hydrogen-bond donors (Lipinski definition) is 1. The summed E-state index contributed by atoms with van der Waals surface area (Å²) in [4.78, 5) is 13.1. The monoisotopic (exact) mass is 473 g/mol. The third kappa shape index (κ3) is 4.37. The Morgan fingerprint density at radius 2 is 1.56 bits per heavy atom. The molecule has 1 unspecified atom stereocenters. The molecule has 0 aromatic heterocycles. The molecule has 0 radical (unpaired) electrons. The van der Waals surface area contributed by atoms with Gasteiger partial charge in [0.1, 0.15) is 11.5 Å². The number of rotatable bonds is 5. The summed E-state index contributed by atoms with van der Waals surface area (Å²) >= 11 is 0. The zero-order valence-corrected chi connectivity index (χ0v) is 22.5. The molecule has 1 aliphatic rings. The number of methoxy groups -OCH3 is 1. The number of hydrogen-bond acceptors (Lipinski definition) is 3. The maximum Gasteiger partial charge on any atom is 0.250 e. The lowest BCUT2D eigenvalue weighted by atomic mass is 9.89. The molecule has 3 aromatic rings. The van der Waals surface area contributed by atoms with Gasteiger partial charge in [-0.25, -0.2) is 0 Å². The predicted octanol–water partition coefficient (Wildman–Crippen LogP) is 7.45. The molecule has 1 amide bonds. The van der Waals surface area contributed by atoms with Crippen molar-refractivity contribution in [2.45, 2.75) is 58.7 Å². The molecule has 0 bridgehead atoms. The number of carbonyl (C=O) groups excluding carboxylic acids is 1. The van der Waals surface area contributed by atoms with Crippen LogP contribution in [0, 0.1) is 13.8 Å². The van der Waals surface area contributed by atoms with E-state index in [9.17, 15) is 4.79 Å². The number of benzene rings is 3. The Kier molecular flexibility index (Phi) is 6.11. The molecule has 1 atom stereocenters. The maximum absolute atomic E-state index is 13.1. The first-order valence-corrected chi connectivity index (χ1v) is 14.7. The highest BCUT2D eigenvalue weighted by Crippen LogP contribution is 2.43. The summed E-state index contributed by atoms with van der Waals surface area (Å²) < 4.78 is 12.0. The topological polar surface area (TPSA) is 47.6 Å². The lowest BCUT2D eigenvalue weighted by Crippen LogP contribution is -2.44. The van der Waals surface area contributed by atoms with E-state index in [0.29, 0.717) is 0 Å². The van der Waals surface area contributed by atoms with Crippen LogP contribution in [0.4, 0.5) is 5.69 Å². The molecular formula is C29H35NO3Si. The molecular weight excluding hydrogens is 438 g/mol. The Labute approximate surface area is 204 Å². The first-order chi connectivity index (χ1) is 15.9. The fourth-order valence-electron chi connectivity index (χ4n) is 4.30. The van der Waals surface area contributed by atoms with E-state index in [1.165, 1.54) is 0 Å². The SMILES string of the molecule is COc1cccc(-c2ccc3c(c2)NC(=O)C3c2cc(C)c(O[Si](C)(C)C(C)(C)C)c(C)c2)c1. The van der Waals surface area contributed by atoms with E-state index in [2.05, 4.69) is 83.4 Å². The number of carbonyl (C=O) groups is 1. The van der Waals surface area contributed by atoms with Crippen LogP contribution in [0.15, 0.2) is 54.6 Å². The molecule has 178 valence electrons. The van der Waals surface area contributed by atoms with E-state index in [4.69, 9.17) is 9.16 Å². The van der Waals surface area contributed by atoms with Crippen molar-refractivity contribution >= 4 is 19.9 Å². The molecule has 1 N–H and O–H groups in total. The summed E-state index contributed by atoms with van der Waals surface area (Å²) in [5, 5.41) is 3.22. The fourth-order valence-corrected chi connectivity index (χ4v) is 5.43. The van der Waals surface area contributed by atoms with Gasteiger partial charge in [0.15, 0.2) is 0 Å². The number of amides is 1. The second kappa shape index (κ2) is 8.62. The van der Waals surface area contributed by atoms with Gasteiger partial charge in [0.2, 0.25) is 5.91 Å². The second-order valence-electron chi connectivity index (χ2n) is 10.8. The Balaban J connectivity index is 1.68. The summed E-state index contributed by atoms with van der Waals surface area (Å²) in [7, 11) is -0.296. The molecule has 0 fully saturated rings. The molecule has 1 aliphatic heterocycles. The minimum atomic E-state index is -1.96. The van der Waals surface area contributed by atoms with Gasteiger partial charge in [-0.15, -0.1) is 0 Å². The number of ether oxygens (including phenoxy) is 1. The van der Waals surface area contributed by atoms with Crippen molar-refractivity contribution in [3.63, 3.8) is 0 Å². The van der Waals surface area contributed by atoms with Crippen molar-refractivity contribution in [2.24, 2.45) is 0 Å². The zero-order valence-electron chi connectivity index (χ0n) is 21.5. The average Bonchev–Trinajstić information content (AvgIpc) is 3.10. The predicted molar refractivity (Wildman–Crippen MR) is 143 cm³/mol.